The Bertz CT molecular complexity index is 962. The minimum absolute atomic E-state index is 0.0697. The lowest BCUT2D eigenvalue weighted by molar-refractivity contribution is -0.131. The Morgan fingerprint density at radius 2 is 2.00 bits per heavy atom. The minimum atomic E-state index is 0.0697. The van der Waals surface area contributed by atoms with E-state index in [-0.39, 0.29) is 17.4 Å². The van der Waals surface area contributed by atoms with Crippen LogP contribution >= 0.6 is 0 Å². The van der Waals surface area contributed by atoms with Crippen molar-refractivity contribution in [2.75, 3.05) is 19.7 Å². The van der Waals surface area contributed by atoms with Gasteiger partial charge in [-0.3, -0.25) is 9.59 Å². The number of fused-ring (bicyclic) bond motifs is 5. The number of likely N-dealkylation sites (tertiary alicyclic amines) is 1. The van der Waals surface area contributed by atoms with Crippen molar-refractivity contribution in [3.8, 4) is 16.9 Å². The number of ether oxygens (including phenoxy) is 1. The lowest BCUT2D eigenvalue weighted by Crippen LogP contribution is -2.48. The van der Waals surface area contributed by atoms with Crippen molar-refractivity contribution in [2.45, 2.75) is 32.2 Å². The van der Waals surface area contributed by atoms with Crippen LogP contribution in [0.25, 0.3) is 11.1 Å². The van der Waals surface area contributed by atoms with Crippen LogP contribution in [0.3, 0.4) is 0 Å². The number of rotatable bonds is 1. The summed E-state index contributed by atoms with van der Waals surface area (Å²) >= 11 is 0. The highest BCUT2D eigenvalue weighted by Gasteiger charge is 2.35. The summed E-state index contributed by atoms with van der Waals surface area (Å²) in [6.07, 6.45) is 1.98. The number of piperidine rings is 1. The molecule has 3 aliphatic heterocycles. The normalized spacial score (nSPS) is 23.2. The highest BCUT2D eigenvalue weighted by atomic mass is 16.5. The first kappa shape index (κ1) is 15.7. The van der Waals surface area contributed by atoms with E-state index in [2.05, 4.69) is 12.1 Å². The molecule has 2 bridgehead atoms. The van der Waals surface area contributed by atoms with E-state index < -0.39 is 0 Å². The smallest absolute Gasteiger partial charge is 0.251 e. The Morgan fingerprint density at radius 1 is 1.12 bits per heavy atom. The highest BCUT2D eigenvalue weighted by molar-refractivity contribution is 5.73. The van der Waals surface area contributed by atoms with Crippen molar-refractivity contribution < 1.29 is 9.53 Å². The van der Waals surface area contributed by atoms with Gasteiger partial charge in [-0.05, 0) is 47.2 Å². The summed E-state index contributed by atoms with van der Waals surface area (Å²) in [7, 11) is 0. The Hall–Kier alpha value is -2.56. The van der Waals surface area contributed by atoms with E-state index in [0.717, 1.165) is 48.6 Å². The molecule has 2 aromatic rings. The summed E-state index contributed by atoms with van der Waals surface area (Å²) in [6.45, 7) is 4.57. The van der Waals surface area contributed by atoms with Crippen LogP contribution in [0.2, 0.25) is 0 Å². The molecule has 4 heterocycles. The predicted molar refractivity (Wildman–Crippen MR) is 98.4 cm³/mol. The highest BCUT2D eigenvalue weighted by Crippen LogP contribution is 2.37. The zero-order valence-electron chi connectivity index (χ0n) is 14.9. The lowest BCUT2D eigenvalue weighted by Gasteiger charge is -2.42. The number of benzene rings is 1. The first-order valence-electron chi connectivity index (χ1n) is 9.35. The fourth-order valence-corrected chi connectivity index (χ4v) is 4.75. The molecule has 5 rings (SSSR count). The van der Waals surface area contributed by atoms with Crippen LogP contribution < -0.4 is 10.3 Å². The van der Waals surface area contributed by atoms with E-state index in [1.165, 1.54) is 5.56 Å². The van der Waals surface area contributed by atoms with E-state index in [0.29, 0.717) is 19.0 Å². The van der Waals surface area contributed by atoms with Crippen molar-refractivity contribution in [2.24, 2.45) is 5.92 Å². The van der Waals surface area contributed by atoms with Crippen molar-refractivity contribution in [1.29, 1.82) is 0 Å². The van der Waals surface area contributed by atoms with Crippen LogP contribution in [0.1, 0.15) is 30.5 Å². The first-order valence-corrected chi connectivity index (χ1v) is 9.35. The third-order valence-electron chi connectivity index (χ3n) is 6.02. The standard InChI is InChI=1S/C21H22N2O3/c1-13(24)22-10-14-6-18(12-22)19-8-17(9-21(25)23(19)11-14)15-2-3-20-16(7-15)4-5-26-20/h2-3,7-9,14,18H,4-6,10-12H2,1H3/t14-,18+/m0/s1. The second kappa shape index (κ2) is 5.73. The van der Waals surface area contributed by atoms with E-state index >= 15 is 0 Å². The summed E-state index contributed by atoms with van der Waals surface area (Å²) < 4.78 is 7.52. The van der Waals surface area contributed by atoms with Gasteiger partial charge >= 0.3 is 0 Å². The van der Waals surface area contributed by atoms with Gasteiger partial charge in [-0.15, -0.1) is 0 Å². The maximum atomic E-state index is 12.8. The Labute approximate surface area is 152 Å². The van der Waals surface area contributed by atoms with Crippen LogP contribution in [0, 0.1) is 5.92 Å². The van der Waals surface area contributed by atoms with Gasteiger partial charge in [0.15, 0.2) is 0 Å². The van der Waals surface area contributed by atoms with E-state index in [4.69, 9.17) is 4.74 Å². The minimum Gasteiger partial charge on any atom is -0.493 e. The lowest BCUT2D eigenvalue weighted by atomic mass is 9.82. The summed E-state index contributed by atoms with van der Waals surface area (Å²) in [5.74, 6) is 1.71. The van der Waals surface area contributed by atoms with Gasteiger partial charge in [0.2, 0.25) is 5.91 Å². The van der Waals surface area contributed by atoms with Crippen molar-refractivity contribution in [3.05, 3.63) is 51.9 Å². The zero-order valence-corrected chi connectivity index (χ0v) is 14.9. The molecule has 1 amide bonds. The molecule has 1 aromatic carbocycles. The number of carbonyl (C=O) groups is 1. The molecule has 0 N–H and O–H groups in total. The van der Waals surface area contributed by atoms with E-state index in [9.17, 15) is 9.59 Å². The van der Waals surface area contributed by atoms with Gasteiger partial charge in [0.25, 0.3) is 5.56 Å². The molecule has 5 nitrogen and oxygen atoms in total. The van der Waals surface area contributed by atoms with E-state index in [1.807, 2.05) is 21.6 Å². The second-order valence-electron chi connectivity index (χ2n) is 7.76. The third-order valence-corrected chi connectivity index (χ3v) is 6.02. The number of carbonyl (C=O) groups excluding carboxylic acids is 1. The number of amides is 1. The van der Waals surface area contributed by atoms with Crippen molar-refractivity contribution >= 4 is 5.91 Å². The maximum Gasteiger partial charge on any atom is 0.251 e. The fourth-order valence-electron chi connectivity index (χ4n) is 4.75. The predicted octanol–water partition coefficient (Wildman–Crippen LogP) is 2.42. The van der Waals surface area contributed by atoms with Gasteiger partial charge in [0.1, 0.15) is 5.75 Å². The summed E-state index contributed by atoms with van der Waals surface area (Å²) in [4.78, 5) is 26.6. The molecule has 1 fully saturated rings. The maximum absolute atomic E-state index is 12.8. The number of hydrogen-bond donors (Lipinski definition) is 0. The Morgan fingerprint density at radius 3 is 2.85 bits per heavy atom. The van der Waals surface area contributed by atoms with Crippen LogP contribution in [0.4, 0.5) is 0 Å². The molecular formula is C21H22N2O3. The van der Waals surface area contributed by atoms with Gasteiger partial charge < -0.3 is 14.2 Å². The molecule has 0 radical (unpaired) electrons. The number of aromatic nitrogens is 1. The van der Waals surface area contributed by atoms with Crippen LogP contribution in [0.15, 0.2) is 35.1 Å². The van der Waals surface area contributed by atoms with Gasteiger partial charge in [-0.2, -0.15) is 0 Å². The van der Waals surface area contributed by atoms with Crippen molar-refractivity contribution in [3.63, 3.8) is 0 Å². The topological polar surface area (TPSA) is 51.5 Å². The molecule has 3 aliphatic rings. The molecule has 1 aromatic heterocycles. The molecule has 1 saturated heterocycles. The van der Waals surface area contributed by atoms with Gasteiger partial charge in [0, 0.05) is 50.7 Å². The zero-order chi connectivity index (χ0) is 17.8. The molecule has 0 spiro atoms. The molecule has 134 valence electrons. The summed E-state index contributed by atoms with van der Waals surface area (Å²) in [5.41, 5.74) is 4.39. The van der Waals surface area contributed by atoms with Crippen LogP contribution in [-0.4, -0.2) is 35.1 Å². The quantitative estimate of drug-likeness (QED) is 0.794. The largest absolute Gasteiger partial charge is 0.493 e. The van der Waals surface area contributed by atoms with Crippen LogP contribution in [0.5, 0.6) is 5.75 Å². The number of hydrogen-bond acceptors (Lipinski definition) is 3. The molecule has 2 atom stereocenters. The molecule has 0 aliphatic carbocycles. The monoisotopic (exact) mass is 350 g/mol. The third kappa shape index (κ3) is 2.45. The molecule has 5 heteroatoms. The van der Waals surface area contributed by atoms with Crippen LogP contribution in [-0.2, 0) is 17.8 Å². The summed E-state index contributed by atoms with van der Waals surface area (Å²) in [6, 6.07) is 10.1. The average Bonchev–Trinajstić information content (AvgIpc) is 3.10. The van der Waals surface area contributed by atoms with E-state index in [1.54, 1.807) is 13.0 Å². The average molecular weight is 350 g/mol. The number of nitrogens with zero attached hydrogens (tertiary/aromatic N) is 2. The SMILES string of the molecule is CC(=O)N1C[C@@H]2C[C@H](C1)c1cc(-c3ccc4c(c3)CCO4)cc(=O)n1C2. The molecule has 0 unspecified atom stereocenters. The molecule has 0 saturated carbocycles. The molecular weight excluding hydrogens is 328 g/mol. The van der Waals surface area contributed by atoms with Gasteiger partial charge in [-0.25, -0.2) is 0 Å². The Kier molecular flexibility index (Phi) is 3.45. The fraction of sp³-hybridized carbons (Fsp3) is 0.429. The van der Waals surface area contributed by atoms with Crippen molar-refractivity contribution in [1.82, 2.24) is 9.47 Å². The first-order chi connectivity index (χ1) is 12.6. The number of pyridine rings is 1. The van der Waals surface area contributed by atoms with Gasteiger partial charge in [-0.1, -0.05) is 6.07 Å². The Balaban J connectivity index is 1.57. The summed E-state index contributed by atoms with van der Waals surface area (Å²) in [5, 5.41) is 0. The molecule has 26 heavy (non-hydrogen) atoms. The second-order valence-corrected chi connectivity index (χ2v) is 7.76. The van der Waals surface area contributed by atoms with Gasteiger partial charge in [0.05, 0.1) is 6.61 Å².